The average Bonchev–Trinajstić information content (AvgIpc) is 2.68. The monoisotopic (exact) mass is 256 g/mol. The van der Waals surface area contributed by atoms with Gasteiger partial charge in [0.05, 0.1) is 12.8 Å². The highest BCUT2D eigenvalue weighted by Gasteiger charge is 2.15. The van der Waals surface area contributed by atoms with E-state index in [4.69, 9.17) is 4.74 Å². The van der Waals surface area contributed by atoms with Crippen molar-refractivity contribution >= 4 is 0 Å². The topological polar surface area (TPSA) is 37.9 Å². The zero-order valence-corrected chi connectivity index (χ0v) is 11.4. The molecule has 2 aromatic rings. The fourth-order valence-corrected chi connectivity index (χ4v) is 2.81. The van der Waals surface area contributed by atoms with Crippen molar-refractivity contribution in [3.05, 3.63) is 46.8 Å². The number of ether oxygens (including phenoxy) is 1. The van der Waals surface area contributed by atoms with Gasteiger partial charge in [0.15, 0.2) is 0 Å². The van der Waals surface area contributed by atoms with Crippen molar-refractivity contribution in [3.63, 3.8) is 0 Å². The molecule has 0 atom stereocenters. The first-order valence-corrected chi connectivity index (χ1v) is 7.05. The number of H-pyrrole nitrogens is 1. The quantitative estimate of drug-likeness (QED) is 0.856. The summed E-state index contributed by atoms with van der Waals surface area (Å²) < 4.78 is 5.19. The first kappa shape index (κ1) is 12.3. The Morgan fingerprint density at radius 3 is 2.68 bits per heavy atom. The SMILES string of the molecule is COc1ccc(Cc2n[nH]c3c2CCCCC3)cc1. The molecule has 3 nitrogen and oxygen atoms in total. The molecule has 1 aromatic carbocycles. The highest BCUT2D eigenvalue weighted by atomic mass is 16.5. The lowest BCUT2D eigenvalue weighted by molar-refractivity contribution is 0.414. The van der Waals surface area contributed by atoms with Gasteiger partial charge in [0.2, 0.25) is 0 Å². The second kappa shape index (κ2) is 5.47. The van der Waals surface area contributed by atoms with Crippen molar-refractivity contribution in [2.24, 2.45) is 0 Å². The summed E-state index contributed by atoms with van der Waals surface area (Å²) in [7, 11) is 1.70. The lowest BCUT2D eigenvalue weighted by atomic mass is 10.0. The van der Waals surface area contributed by atoms with Gasteiger partial charge in [0, 0.05) is 12.1 Å². The molecule has 0 saturated heterocycles. The van der Waals surface area contributed by atoms with E-state index in [0.717, 1.165) is 18.6 Å². The maximum Gasteiger partial charge on any atom is 0.118 e. The fraction of sp³-hybridized carbons (Fsp3) is 0.438. The Balaban J connectivity index is 1.80. The molecule has 0 fully saturated rings. The van der Waals surface area contributed by atoms with Crippen LogP contribution in [0.15, 0.2) is 24.3 Å². The third kappa shape index (κ3) is 2.65. The average molecular weight is 256 g/mol. The fourth-order valence-electron chi connectivity index (χ4n) is 2.81. The lowest BCUT2D eigenvalue weighted by Gasteiger charge is -2.04. The number of aromatic nitrogens is 2. The van der Waals surface area contributed by atoms with E-state index in [0.29, 0.717) is 0 Å². The number of hydrogen-bond donors (Lipinski definition) is 1. The van der Waals surface area contributed by atoms with Crippen LogP contribution in [-0.4, -0.2) is 17.3 Å². The largest absolute Gasteiger partial charge is 0.497 e. The van der Waals surface area contributed by atoms with Gasteiger partial charge in [-0.3, -0.25) is 5.10 Å². The molecule has 0 radical (unpaired) electrons. The maximum atomic E-state index is 5.19. The Kier molecular flexibility index (Phi) is 3.53. The lowest BCUT2D eigenvalue weighted by Crippen LogP contribution is -1.95. The third-order valence-electron chi connectivity index (χ3n) is 3.92. The van der Waals surface area contributed by atoms with Crippen molar-refractivity contribution < 1.29 is 4.74 Å². The van der Waals surface area contributed by atoms with Crippen LogP contribution in [0.4, 0.5) is 0 Å². The Hall–Kier alpha value is -1.77. The Bertz CT molecular complexity index is 542. The van der Waals surface area contributed by atoms with Gasteiger partial charge in [-0.1, -0.05) is 18.6 Å². The molecule has 1 aliphatic carbocycles. The first-order chi connectivity index (χ1) is 9.36. The van der Waals surface area contributed by atoms with Crippen LogP contribution in [0.2, 0.25) is 0 Å². The van der Waals surface area contributed by atoms with E-state index in [2.05, 4.69) is 22.3 Å². The molecule has 1 heterocycles. The standard InChI is InChI=1S/C16H20N2O/c1-19-13-9-7-12(8-10-13)11-16-14-5-3-2-4-6-15(14)17-18-16/h7-10H,2-6,11H2,1H3,(H,17,18). The molecule has 0 spiro atoms. The molecule has 0 amide bonds. The van der Waals surface area contributed by atoms with Gasteiger partial charge in [0.25, 0.3) is 0 Å². The molecule has 1 aromatic heterocycles. The molecule has 0 unspecified atom stereocenters. The van der Waals surface area contributed by atoms with E-state index >= 15 is 0 Å². The van der Waals surface area contributed by atoms with Crippen LogP contribution in [-0.2, 0) is 19.3 Å². The Morgan fingerprint density at radius 2 is 1.89 bits per heavy atom. The predicted octanol–water partition coefficient (Wildman–Crippen LogP) is 3.28. The van der Waals surface area contributed by atoms with E-state index in [1.54, 1.807) is 7.11 Å². The van der Waals surface area contributed by atoms with Gasteiger partial charge in [-0.25, -0.2) is 0 Å². The summed E-state index contributed by atoms with van der Waals surface area (Å²) in [6.45, 7) is 0. The van der Waals surface area contributed by atoms with Crippen LogP contribution < -0.4 is 4.74 Å². The highest BCUT2D eigenvalue weighted by Crippen LogP contribution is 2.24. The molecule has 19 heavy (non-hydrogen) atoms. The first-order valence-electron chi connectivity index (χ1n) is 7.05. The van der Waals surface area contributed by atoms with Gasteiger partial charge in [-0.2, -0.15) is 5.10 Å². The van der Waals surface area contributed by atoms with E-state index in [9.17, 15) is 0 Å². The summed E-state index contributed by atoms with van der Waals surface area (Å²) in [6, 6.07) is 8.27. The van der Waals surface area contributed by atoms with Gasteiger partial charge in [-0.05, 0) is 48.9 Å². The van der Waals surface area contributed by atoms with Crippen LogP contribution in [0.5, 0.6) is 5.75 Å². The Labute approximate surface area is 114 Å². The summed E-state index contributed by atoms with van der Waals surface area (Å²) >= 11 is 0. The van der Waals surface area contributed by atoms with E-state index in [1.807, 2.05) is 12.1 Å². The predicted molar refractivity (Wildman–Crippen MR) is 75.6 cm³/mol. The van der Waals surface area contributed by atoms with Crippen LogP contribution in [0, 0.1) is 0 Å². The number of aryl methyl sites for hydroxylation is 1. The summed E-state index contributed by atoms with van der Waals surface area (Å²) in [5.41, 5.74) is 5.34. The van der Waals surface area contributed by atoms with Gasteiger partial charge in [-0.15, -0.1) is 0 Å². The molecule has 1 N–H and O–H groups in total. The minimum absolute atomic E-state index is 0.907. The van der Waals surface area contributed by atoms with Crippen molar-refractivity contribution in [1.82, 2.24) is 10.2 Å². The second-order valence-electron chi connectivity index (χ2n) is 5.21. The van der Waals surface area contributed by atoms with Gasteiger partial charge in [0.1, 0.15) is 5.75 Å². The zero-order valence-electron chi connectivity index (χ0n) is 11.4. The van der Waals surface area contributed by atoms with Gasteiger partial charge >= 0.3 is 0 Å². The number of rotatable bonds is 3. The number of nitrogens with zero attached hydrogens (tertiary/aromatic N) is 1. The van der Waals surface area contributed by atoms with Crippen molar-refractivity contribution in [2.75, 3.05) is 7.11 Å². The summed E-state index contributed by atoms with van der Waals surface area (Å²) in [6.07, 6.45) is 7.17. The molecule has 0 aliphatic heterocycles. The number of nitrogens with one attached hydrogen (secondary N) is 1. The molecule has 3 heteroatoms. The summed E-state index contributed by atoms with van der Waals surface area (Å²) in [4.78, 5) is 0. The summed E-state index contributed by atoms with van der Waals surface area (Å²) in [5.74, 6) is 0.907. The maximum absolute atomic E-state index is 5.19. The van der Waals surface area contributed by atoms with Crippen LogP contribution in [0.3, 0.4) is 0 Å². The molecule has 1 aliphatic rings. The number of methoxy groups -OCH3 is 1. The molecular formula is C16H20N2O. The van der Waals surface area contributed by atoms with Crippen molar-refractivity contribution in [1.29, 1.82) is 0 Å². The highest BCUT2D eigenvalue weighted by molar-refractivity contribution is 5.34. The number of hydrogen-bond acceptors (Lipinski definition) is 2. The molecule has 0 saturated carbocycles. The minimum Gasteiger partial charge on any atom is -0.497 e. The van der Waals surface area contributed by atoms with Crippen LogP contribution in [0.1, 0.15) is 41.8 Å². The molecule has 100 valence electrons. The van der Waals surface area contributed by atoms with Crippen molar-refractivity contribution in [3.8, 4) is 5.75 Å². The smallest absolute Gasteiger partial charge is 0.118 e. The number of benzene rings is 1. The van der Waals surface area contributed by atoms with E-state index in [-0.39, 0.29) is 0 Å². The minimum atomic E-state index is 0.907. The number of fused-ring (bicyclic) bond motifs is 1. The van der Waals surface area contributed by atoms with E-state index in [1.165, 1.54) is 48.2 Å². The van der Waals surface area contributed by atoms with E-state index < -0.39 is 0 Å². The van der Waals surface area contributed by atoms with Crippen LogP contribution in [0.25, 0.3) is 0 Å². The normalized spacial score (nSPS) is 14.8. The third-order valence-corrected chi connectivity index (χ3v) is 3.92. The summed E-state index contributed by atoms with van der Waals surface area (Å²) in [5, 5.41) is 7.76. The number of aromatic amines is 1. The second-order valence-corrected chi connectivity index (χ2v) is 5.21. The molecule has 0 bridgehead atoms. The molecular weight excluding hydrogens is 236 g/mol. The molecule has 3 rings (SSSR count). The Morgan fingerprint density at radius 1 is 1.11 bits per heavy atom. The van der Waals surface area contributed by atoms with Crippen LogP contribution >= 0.6 is 0 Å². The van der Waals surface area contributed by atoms with Crippen molar-refractivity contribution in [2.45, 2.75) is 38.5 Å². The zero-order chi connectivity index (χ0) is 13.1. The van der Waals surface area contributed by atoms with Gasteiger partial charge < -0.3 is 4.74 Å².